The van der Waals surface area contributed by atoms with E-state index in [1.165, 1.54) is 6.42 Å². The molecule has 0 saturated carbocycles. The predicted molar refractivity (Wildman–Crippen MR) is 76.8 cm³/mol. The molecule has 0 fully saturated rings. The summed E-state index contributed by atoms with van der Waals surface area (Å²) in [7, 11) is 0. The lowest BCUT2D eigenvalue weighted by molar-refractivity contribution is -0.470. The summed E-state index contributed by atoms with van der Waals surface area (Å²) >= 11 is 0. The van der Waals surface area contributed by atoms with Crippen molar-refractivity contribution in [1.29, 1.82) is 0 Å². The van der Waals surface area contributed by atoms with Gasteiger partial charge in [0.1, 0.15) is 0 Å². The number of carboxylic acids is 2. The van der Waals surface area contributed by atoms with E-state index in [9.17, 15) is 14.7 Å². The molecule has 0 unspecified atom stereocenters. The van der Waals surface area contributed by atoms with Gasteiger partial charge in [0.15, 0.2) is 0 Å². The fourth-order valence-corrected chi connectivity index (χ4v) is 2.16. The third-order valence-electron chi connectivity index (χ3n) is 2.28. The van der Waals surface area contributed by atoms with Crippen LogP contribution in [0.25, 0.3) is 0 Å². The molecular weight excluding hydrogens is 258 g/mol. The fourth-order valence-electron chi connectivity index (χ4n) is 2.16. The van der Waals surface area contributed by atoms with E-state index in [4.69, 9.17) is 5.11 Å². The first-order chi connectivity index (χ1) is 8.83. The van der Waals surface area contributed by atoms with Gasteiger partial charge in [0.05, 0.1) is 5.54 Å². The van der Waals surface area contributed by atoms with E-state index in [0.29, 0.717) is 24.7 Å². The average molecular weight is 289 g/mol. The first kappa shape index (κ1) is 21.2. The lowest BCUT2D eigenvalue weighted by atomic mass is 9.82. The maximum Gasteiger partial charge on any atom is 0.303 e. The van der Waals surface area contributed by atoms with Crippen molar-refractivity contribution in [2.24, 2.45) is 5.41 Å². The molecule has 0 heterocycles. The largest absolute Gasteiger partial charge is 0.550 e. The van der Waals surface area contributed by atoms with Crippen molar-refractivity contribution < 1.29 is 25.5 Å². The maximum atomic E-state index is 9.97. The molecule has 4 N–H and O–H groups in total. The van der Waals surface area contributed by atoms with E-state index in [2.05, 4.69) is 40.4 Å². The highest BCUT2D eigenvalue weighted by Gasteiger charge is 2.23. The van der Waals surface area contributed by atoms with Gasteiger partial charge in [-0.25, -0.2) is 0 Å². The third kappa shape index (κ3) is 25.7. The molecule has 5 nitrogen and oxygen atoms in total. The number of unbranched alkanes of at least 4 members (excludes halogenated alkanes) is 2. The SMILES string of the molecule is CC(C)(C)CC(C)(C)[NH3+].O=C([O-])CCCCCC(=O)O. The zero-order valence-electron chi connectivity index (χ0n) is 13.6. The number of carbonyl (C=O) groups excluding carboxylic acids is 1. The summed E-state index contributed by atoms with van der Waals surface area (Å²) in [5.74, 6) is -1.90. The third-order valence-corrected chi connectivity index (χ3v) is 2.28. The van der Waals surface area contributed by atoms with Crippen molar-refractivity contribution >= 4 is 11.9 Å². The van der Waals surface area contributed by atoms with Crippen LogP contribution < -0.4 is 10.8 Å². The van der Waals surface area contributed by atoms with Crippen LogP contribution in [-0.2, 0) is 9.59 Å². The summed E-state index contributed by atoms with van der Waals surface area (Å²) in [6.07, 6.45) is 3.02. The minimum absolute atomic E-state index is 0.0274. The van der Waals surface area contributed by atoms with Crippen LogP contribution in [0.5, 0.6) is 0 Å². The number of quaternary nitrogens is 1. The topological polar surface area (TPSA) is 105 Å². The maximum absolute atomic E-state index is 9.97. The molecule has 0 atom stereocenters. The highest BCUT2D eigenvalue weighted by molar-refractivity contribution is 5.66. The zero-order chi connectivity index (χ0) is 16.4. The first-order valence-electron chi connectivity index (χ1n) is 7.10. The molecule has 0 radical (unpaired) electrons. The van der Waals surface area contributed by atoms with Crippen molar-refractivity contribution in [3.05, 3.63) is 0 Å². The zero-order valence-corrected chi connectivity index (χ0v) is 13.6. The Bertz CT molecular complexity index is 259. The highest BCUT2D eigenvalue weighted by Crippen LogP contribution is 2.23. The lowest BCUT2D eigenvalue weighted by Crippen LogP contribution is -2.70. The van der Waals surface area contributed by atoms with Crippen LogP contribution in [0, 0.1) is 5.41 Å². The van der Waals surface area contributed by atoms with Gasteiger partial charge in [-0.2, -0.15) is 0 Å². The Morgan fingerprint density at radius 3 is 1.70 bits per heavy atom. The first-order valence-corrected chi connectivity index (χ1v) is 7.10. The van der Waals surface area contributed by atoms with E-state index >= 15 is 0 Å². The lowest BCUT2D eigenvalue weighted by Gasteiger charge is -2.25. The summed E-state index contributed by atoms with van der Waals surface area (Å²) in [5, 5.41) is 18.1. The van der Waals surface area contributed by atoms with Crippen LogP contribution in [0.3, 0.4) is 0 Å². The molecule has 0 aromatic carbocycles. The Morgan fingerprint density at radius 1 is 1.00 bits per heavy atom. The average Bonchev–Trinajstić information content (AvgIpc) is 2.10. The molecule has 0 bridgehead atoms. The Labute approximate surface area is 122 Å². The van der Waals surface area contributed by atoms with E-state index in [1.54, 1.807) is 0 Å². The predicted octanol–water partition coefficient (Wildman–Crippen LogP) is 1.21. The molecule has 5 heteroatoms. The van der Waals surface area contributed by atoms with Gasteiger partial charge in [-0.05, 0) is 38.5 Å². The second kappa shape index (κ2) is 9.75. The quantitative estimate of drug-likeness (QED) is 0.687. The Morgan fingerprint density at radius 2 is 1.45 bits per heavy atom. The number of aliphatic carboxylic acids is 2. The van der Waals surface area contributed by atoms with Crippen molar-refractivity contribution in [3.8, 4) is 0 Å². The Balaban J connectivity index is 0. The highest BCUT2D eigenvalue weighted by atomic mass is 16.4. The van der Waals surface area contributed by atoms with Gasteiger partial charge in [-0.15, -0.1) is 0 Å². The van der Waals surface area contributed by atoms with E-state index in [-0.39, 0.29) is 18.4 Å². The second-order valence-electron chi connectivity index (χ2n) is 7.23. The van der Waals surface area contributed by atoms with E-state index in [0.717, 1.165) is 0 Å². The number of carboxylic acid groups (broad SMARTS) is 2. The van der Waals surface area contributed by atoms with Gasteiger partial charge >= 0.3 is 5.97 Å². The molecule has 0 spiro atoms. The molecule has 0 aliphatic rings. The van der Waals surface area contributed by atoms with E-state index in [1.807, 2.05) is 0 Å². The molecule has 0 aromatic rings. The Kier molecular flexibility index (Phi) is 10.3. The van der Waals surface area contributed by atoms with Crippen LogP contribution in [0.4, 0.5) is 0 Å². The molecule has 0 aliphatic carbocycles. The van der Waals surface area contributed by atoms with Crippen molar-refractivity contribution in [2.75, 3.05) is 0 Å². The molecular formula is C15H31NO4. The molecule has 0 aromatic heterocycles. The number of rotatable bonds is 7. The summed E-state index contributed by atoms with van der Waals surface area (Å²) in [4.78, 5) is 19.8. The van der Waals surface area contributed by atoms with Gasteiger partial charge in [0.2, 0.25) is 0 Å². The number of hydrogen-bond donors (Lipinski definition) is 2. The molecule has 0 saturated heterocycles. The monoisotopic (exact) mass is 289 g/mol. The van der Waals surface area contributed by atoms with Crippen molar-refractivity contribution in [2.45, 2.75) is 78.7 Å². The number of hydrogen-bond acceptors (Lipinski definition) is 3. The summed E-state index contributed by atoms with van der Waals surface area (Å²) < 4.78 is 0. The van der Waals surface area contributed by atoms with E-state index < -0.39 is 11.9 Å². The van der Waals surface area contributed by atoms with Crippen LogP contribution >= 0.6 is 0 Å². The molecule has 120 valence electrons. The van der Waals surface area contributed by atoms with Gasteiger partial charge < -0.3 is 20.7 Å². The van der Waals surface area contributed by atoms with Crippen LogP contribution in [-0.4, -0.2) is 22.6 Å². The molecule has 0 rings (SSSR count). The second-order valence-corrected chi connectivity index (χ2v) is 7.23. The molecule has 20 heavy (non-hydrogen) atoms. The summed E-state index contributed by atoms with van der Waals surface area (Å²) in [5.41, 5.74) is 4.71. The van der Waals surface area contributed by atoms with Gasteiger partial charge in [-0.1, -0.05) is 27.2 Å². The van der Waals surface area contributed by atoms with Crippen LogP contribution in [0.1, 0.15) is 73.1 Å². The summed E-state index contributed by atoms with van der Waals surface area (Å²) in [6.45, 7) is 11.1. The van der Waals surface area contributed by atoms with Gasteiger partial charge in [0.25, 0.3) is 0 Å². The van der Waals surface area contributed by atoms with Gasteiger partial charge in [-0.3, -0.25) is 4.79 Å². The number of carbonyl (C=O) groups is 2. The normalized spacial score (nSPS) is 11.5. The van der Waals surface area contributed by atoms with Crippen molar-refractivity contribution in [3.63, 3.8) is 0 Å². The van der Waals surface area contributed by atoms with Crippen LogP contribution in [0.15, 0.2) is 0 Å². The smallest absolute Gasteiger partial charge is 0.303 e. The minimum Gasteiger partial charge on any atom is -0.550 e. The Hall–Kier alpha value is -1.10. The molecule has 0 amide bonds. The van der Waals surface area contributed by atoms with Crippen molar-refractivity contribution in [1.82, 2.24) is 0 Å². The van der Waals surface area contributed by atoms with Crippen LogP contribution in [0.2, 0.25) is 0 Å². The summed E-state index contributed by atoms with van der Waals surface area (Å²) in [6, 6.07) is 0. The molecule has 0 aliphatic heterocycles. The minimum atomic E-state index is -1.07. The van der Waals surface area contributed by atoms with Gasteiger partial charge in [0, 0.05) is 18.8 Å². The standard InChI is InChI=1S/C8H19N.C7H12O4/c1-7(2,3)6-8(4,5)9;8-6(9)4-2-1-3-5-7(10)11/h6,9H2,1-5H3;1-5H2,(H,8,9)(H,10,11). The fraction of sp³-hybridized carbons (Fsp3) is 0.867.